The van der Waals surface area contributed by atoms with Gasteiger partial charge in [0, 0.05) is 39.3 Å². The van der Waals surface area contributed by atoms with Crippen LogP contribution in [0, 0.1) is 17.1 Å². The fourth-order valence-electron chi connectivity index (χ4n) is 3.94. The summed E-state index contributed by atoms with van der Waals surface area (Å²) in [6.07, 6.45) is 0.394. The summed E-state index contributed by atoms with van der Waals surface area (Å²) in [5, 5.41) is 8.84. The van der Waals surface area contributed by atoms with Crippen molar-refractivity contribution in [2.24, 2.45) is 0 Å². The second kappa shape index (κ2) is 8.70. The van der Waals surface area contributed by atoms with Crippen LogP contribution in [0.2, 0.25) is 0 Å². The van der Waals surface area contributed by atoms with E-state index in [1.54, 1.807) is 12.1 Å². The Kier molecular flexibility index (Phi) is 5.87. The van der Waals surface area contributed by atoms with Crippen molar-refractivity contribution < 1.29 is 13.9 Å². The molecule has 2 atom stereocenters. The highest BCUT2D eigenvalue weighted by Gasteiger charge is 2.34. The minimum absolute atomic E-state index is 0.193. The summed E-state index contributed by atoms with van der Waals surface area (Å²) >= 11 is 0. The SMILES string of the molecule is N#Cc1ccc(OCCN2CC3CN(Cc4ccc(F)cc4)CC(C2)O3)cc1. The van der Waals surface area contributed by atoms with E-state index < -0.39 is 0 Å². The summed E-state index contributed by atoms with van der Waals surface area (Å²) in [7, 11) is 0. The summed E-state index contributed by atoms with van der Waals surface area (Å²) < 4.78 is 25.0. The Hall–Kier alpha value is -2.46. The van der Waals surface area contributed by atoms with Gasteiger partial charge in [-0.05, 0) is 42.0 Å². The molecule has 0 saturated carbocycles. The molecular formula is C22H24FN3O2. The number of rotatable bonds is 6. The Morgan fingerprint density at radius 1 is 0.964 bits per heavy atom. The first kappa shape index (κ1) is 18.9. The Balaban J connectivity index is 1.23. The molecule has 0 aromatic heterocycles. The zero-order chi connectivity index (χ0) is 19.3. The third kappa shape index (κ3) is 4.87. The second-order valence-electron chi connectivity index (χ2n) is 7.44. The molecule has 6 heteroatoms. The van der Waals surface area contributed by atoms with E-state index in [9.17, 15) is 4.39 Å². The number of benzene rings is 2. The molecule has 2 bridgehead atoms. The van der Waals surface area contributed by atoms with Gasteiger partial charge < -0.3 is 9.47 Å². The van der Waals surface area contributed by atoms with E-state index in [2.05, 4.69) is 15.9 Å². The van der Waals surface area contributed by atoms with Gasteiger partial charge in [-0.1, -0.05) is 12.1 Å². The quantitative estimate of drug-likeness (QED) is 0.770. The van der Waals surface area contributed by atoms with Crippen LogP contribution in [0.3, 0.4) is 0 Å². The lowest BCUT2D eigenvalue weighted by Crippen LogP contribution is -2.59. The Morgan fingerprint density at radius 2 is 1.61 bits per heavy atom. The minimum atomic E-state index is -0.193. The van der Waals surface area contributed by atoms with Crippen LogP contribution in [-0.2, 0) is 11.3 Å². The molecule has 2 fully saturated rings. The van der Waals surface area contributed by atoms with E-state index in [0.717, 1.165) is 50.6 Å². The van der Waals surface area contributed by atoms with Crippen molar-refractivity contribution in [2.75, 3.05) is 39.3 Å². The fourth-order valence-corrected chi connectivity index (χ4v) is 3.94. The first-order valence-electron chi connectivity index (χ1n) is 9.65. The average molecular weight is 381 g/mol. The molecule has 0 radical (unpaired) electrons. The van der Waals surface area contributed by atoms with Gasteiger partial charge >= 0.3 is 0 Å². The molecule has 146 valence electrons. The topological polar surface area (TPSA) is 48.7 Å². The predicted molar refractivity (Wildman–Crippen MR) is 103 cm³/mol. The van der Waals surface area contributed by atoms with E-state index >= 15 is 0 Å². The van der Waals surface area contributed by atoms with Crippen molar-refractivity contribution in [1.29, 1.82) is 5.26 Å². The van der Waals surface area contributed by atoms with E-state index in [-0.39, 0.29) is 18.0 Å². The number of hydrogen-bond donors (Lipinski definition) is 0. The molecule has 2 aliphatic rings. The molecular weight excluding hydrogens is 357 g/mol. The summed E-state index contributed by atoms with van der Waals surface area (Å²) in [5.41, 5.74) is 1.77. The zero-order valence-corrected chi connectivity index (χ0v) is 15.8. The van der Waals surface area contributed by atoms with Gasteiger partial charge in [0.05, 0.1) is 23.8 Å². The van der Waals surface area contributed by atoms with Crippen molar-refractivity contribution in [3.05, 3.63) is 65.5 Å². The van der Waals surface area contributed by atoms with Gasteiger partial charge in [-0.3, -0.25) is 9.80 Å². The lowest BCUT2D eigenvalue weighted by molar-refractivity contribution is -0.141. The summed E-state index contributed by atoms with van der Waals surface area (Å²) in [5.74, 6) is 0.597. The van der Waals surface area contributed by atoms with Gasteiger partial charge in [-0.15, -0.1) is 0 Å². The molecule has 0 spiro atoms. The smallest absolute Gasteiger partial charge is 0.123 e. The van der Waals surface area contributed by atoms with Crippen LogP contribution in [0.25, 0.3) is 0 Å². The molecule has 4 rings (SSSR count). The number of nitrogens with zero attached hydrogens (tertiary/aromatic N) is 3. The molecule has 0 amide bonds. The minimum Gasteiger partial charge on any atom is -0.492 e. The van der Waals surface area contributed by atoms with Gasteiger partial charge in [-0.2, -0.15) is 5.26 Å². The van der Waals surface area contributed by atoms with Crippen molar-refractivity contribution in [3.8, 4) is 11.8 Å². The number of morpholine rings is 2. The highest BCUT2D eigenvalue weighted by atomic mass is 19.1. The van der Waals surface area contributed by atoms with Crippen molar-refractivity contribution in [1.82, 2.24) is 9.80 Å². The highest BCUT2D eigenvalue weighted by molar-refractivity contribution is 5.34. The lowest BCUT2D eigenvalue weighted by Gasteiger charge is -2.45. The number of nitriles is 1. The lowest BCUT2D eigenvalue weighted by atomic mass is 10.1. The van der Waals surface area contributed by atoms with Crippen molar-refractivity contribution in [3.63, 3.8) is 0 Å². The van der Waals surface area contributed by atoms with E-state index in [0.29, 0.717) is 12.2 Å². The van der Waals surface area contributed by atoms with Crippen LogP contribution in [0.4, 0.5) is 4.39 Å². The van der Waals surface area contributed by atoms with E-state index in [1.165, 1.54) is 12.1 Å². The van der Waals surface area contributed by atoms with Crippen molar-refractivity contribution in [2.45, 2.75) is 18.8 Å². The Bertz CT molecular complexity index is 805. The molecule has 2 aromatic carbocycles. The Morgan fingerprint density at radius 3 is 2.25 bits per heavy atom. The molecule has 0 aliphatic carbocycles. The van der Waals surface area contributed by atoms with E-state index in [1.807, 2.05) is 24.3 Å². The molecule has 0 N–H and O–H groups in total. The average Bonchev–Trinajstić information content (AvgIpc) is 2.70. The van der Waals surface area contributed by atoms with E-state index in [4.69, 9.17) is 14.7 Å². The van der Waals surface area contributed by atoms with Crippen molar-refractivity contribution >= 4 is 0 Å². The standard InChI is InChI=1S/C22H24FN3O2/c23-19-5-1-18(2-6-19)12-26-15-21-13-25(14-22(16-26)28-21)9-10-27-20-7-3-17(11-24)4-8-20/h1-8,21-22H,9-10,12-16H2. The Labute approximate surface area is 164 Å². The summed E-state index contributed by atoms with van der Waals surface area (Å²) in [6, 6.07) is 16.1. The van der Waals surface area contributed by atoms with Crippen LogP contribution in [0.1, 0.15) is 11.1 Å². The molecule has 2 heterocycles. The van der Waals surface area contributed by atoms with Gasteiger partial charge in [-0.25, -0.2) is 4.39 Å². The van der Waals surface area contributed by atoms with Gasteiger partial charge in [0.2, 0.25) is 0 Å². The monoisotopic (exact) mass is 381 g/mol. The maximum Gasteiger partial charge on any atom is 0.123 e. The normalized spacial score (nSPS) is 22.6. The first-order chi connectivity index (χ1) is 13.7. The predicted octanol–water partition coefficient (Wildman–Crippen LogP) is 2.66. The van der Waals surface area contributed by atoms with Crippen LogP contribution >= 0.6 is 0 Å². The largest absolute Gasteiger partial charge is 0.492 e. The molecule has 2 unspecified atom stereocenters. The third-order valence-electron chi connectivity index (χ3n) is 5.21. The van der Waals surface area contributed by atoms with Gasteiger partial charge in [0.1, 0.15) is 18.2 Å². The molecule has 2 aromatic rings. The summed E-state index contributed by atoms with van der Waals surface area (Å²) in [4.78, 5) is 4.80. The van der Waals surface area contributed by atoms with Gasteiger partial charge in [0.25, 0.3) is 0 Å². The number of fused-ring (bicyclic) bond motifs is 2. The molecule has 2 aliphatic heterocycles. The fraction of sp³-hybridized carbons (Fsp3) is 0.409. The van der Waals surface area contributed by atoms with Crippen LogP contribution in [0.15, 0.2) is 48.5 Å². The van der Waals surface area contributed by atoms with Crippen LogP contribution < -0.4 is 4.74 Å². The maximum absolute atomic E-state index is 13.1. The maximum atomic E-state index is 13.1. The van der Waals surface area contributed by atoms with Crippen LogP contribution in [-0.4, -0.2) is 61.3 Å². The first-order valence-corrected chi connectivity index (χ1v) is 9.65. The van der Waals surface area contributed by atoms with Gasteiger partial charge in [0.15, 0.2) is 0 Å². The third-order valence-corrected chi connectivity index (χ3v) is 5.21. The number of ether oxygens (including phenoxy) is 2. The van der Waals surface area contributed by atoms with Crippen LogP contribution in [0.5, 0.6) is 5.75 Å². The molecule has 2 saturated heterocycles. The molecule has 28 heavy (non-hydrogen) atoms. The molecule has 5 nitrogen and oxygen atoms in total. The number of hydrogen-bond acceptors (Lipinski definition) is 5. The number of halogens is 1. The highest BCUT2D eigenvalue weighted by Crippen LogP contribution is 2.21. The zero-order valence-electron chi connectivity index (χ0n) is 15.8. The summed E-state index contributed by atoms with van der Waals surface area (Å²) in [6.45, 7) is 5.87. The second-order valence-corrected chi connectivity index (χ2v) is 7.44.